The standard InChI is InChI=1S/C8H14N2O3/c9-7(11)5-2-1-3-6(4-5)10-8(12)13/h5-6,10H,1-4H2,(H2,9,11)(H,12,13)/t5-,6?/m1/s1. The molecular weight excluding hydrogens is 172 g/mol. The van der Waals surface area contributed by atoms with Gasteiger partial charge in [-0.1, -0.05) is 6.42 Å². The fraction of sp³-hybridized carbons (Fsp3) is 0.750. The van der Waals surface area contributed by atoms with Crippen molar-refractivity contribution in [2.75, 3.05) is 0 Å². The first kappa shape index (κ1) is 9.83. The van der Waals surface area contributed by atoms with Crippen LogP contribution >= 0.6 is 0 Å². The van der Waals surface area contributed by atoms with Crippen LogP contribution in [0.2, 0.25) is 0 Å². The van der Waals surface area contributed by atoms with Crippen LogP contribution in [0.5, 0.6) is 0 Å². The van der Waals surface area contributed by atoms with Crippen LogP contribution in [0.15, 0.2) is 0 Å². The Bertz CT molecular complexity index is 217. The summed E-state index contributed by atoms with van der Waals surface area (Å²) in [6.07, 6.45) is 1.96. The Hall–Kier alpha value is -1.26. The van der Waals surface area contributed by atoms with Crippen LogP contribution in [0.4, 0.5) is 4.79 Å². The molecular formula is C8H14N2O3. The van der Waals surface area contributed by atoms with E-state index in [4.69, 9.17) is 10.8 Å². The molecule has 0 spiro atoms. The van der Waals surface area contributed by atoms with Crippen LogP contribution in [-0.2, 0) is 4.79 Å². The summed E-state index contributed by atoms with van der Waals surface area (Å²) in [5.74, 6) is -0.484. The van der Waals surface area contributed by atoms with Gasteiger partial charge in [-0.2, -0.15) is 0 Å². The number of primary amides is 1. The minimum atomic E-state index is -1.03. The van der Waals surface area contributed by atoms with Gasteiger partial charge < -0.3 is 16.2 Å². The summed E-state index contributed by atoms with van der Waals surface area (Å²) < 4.78 is 0. The third kappa shape index (κ3) is 2.93. The Labute approximate surface area is 76.3 Å². The van der Waals surface area contributed by atoms with Crippen molar-refractivity contribution in [2.45, 2.75) is 31.7 Å². The molecule has 1 unspecified atom stereocenters. The number of amides is 2. The molecule has 1 fully saturated rings. The number of rotatable bonds is 2. The molecule has 0 saturated heterocycles. The molecule has 5 heteroatoms. The molecule has 1 rings (SSSR count). The minimum absolute atomic E-state index is 0.108. The van der Waals surface area contributed by atoms with E-state index in [9.17, 15) is 9.59 Å². The largest absolute Gasteiger partial charge is 0.465 e. The molecule has 4 N–H and O–H groups in total. The summed E-state index contributed by atoms with van der Waals surface area (Å²) >= 11 is 0. The summed E-state index contributed by atoms with van der Waals surface area (Å²) in [5.41, 5.74) is 5.15. The Morgan fingerprint density at radius 3 is 2.62 bits per heavy atom. The van der Waals surface area contributed by atoms with Gasteiger partial charge in [0, 0.05) is 12.0 Å². The van der Waals surface area contributed by atoms with Crippen molar-refractivity contribution < 1.29 is 14.7 Å². The van der Waals surface area contributed by atoms with Crippen molar-refractivity contribution >= 4 is 12.0 Å². The van der Waals surface area contributed by atoms with E-state index in [1.54, 1.807) is 0 Å². The molecule has 0 aromatic carbocycles. The van der Waals surface area contributed by atoms with Crippen molar-refractivity contribution in [3.05, 3.63) is 0 Å². The van der Waals surface area contributed by atoms with Crippen LogP contribution in [0.3, 0.4) is 0 Å². The third-order valence-electron chi connectivity index (χ3n) is 2.40. The topological polar surface area (TPSA) is 92.4 Å². The number of carboxylic acid groups (broad SMARTS) is 1. The molecule has 1 aliphatic rings. The lowest BCUT2D eigenvalue weighted by Crippen LogP contribution is -2.40. The summed E-state index contributed by atoms with van der Waals surface area (Å²) in [6, 6.07) is -0.108. The second kappa shape index (κ2) is 4.11. The monoisotopic (exact) mass is 186 g/mol. The highest BCUT2D eigenvalue weighted by molar-refractivity contribution is 5.76. The normalized spacial score (nSPS) is 28.0. The predicted molar refractivity (Wildman–Crippen MR) is 46.1 cm³/mol. The van der Waals surface area contributed by atoms with Crippen molar-refractivity contribution in [1.29, 1.82) is 0 Å². The highest BCUT2D eigenvalue weighted by Gasteiger charge is 2.26. The third-order valence-corrected chi connectivity index (χ3v) is 2.40. The molecule has 5 nitrogen and oxygen atoms in total. The van der Waals surface area contributed by atoms with E-state index in [0.29, 0.717) is 6.42 Å². The average Bonchev–Trinajstić information content (AvgIpc) is 2.03. The molecule has 0 aliphatic heterocycles. The van der Waals surface area contributed by atoms with Gasteiger partial charge in [-0.05, 0) is 19.3 Å². The molecule has 0 aromatic rings. The maximum Gasteiger partial charge on any atom is 0.404 e. The van der Waals surface area contributed by atoms with Gasteiger partial charge in [-0.15, -0.1) is 0 Å². The number of nitrogens with two attached hydrogens (primary N) is 1. The highest BCUT2D eigenvalue weighted by Crippen LogP contribution is 2.23. The summed E-state index contributed by atoms with van der Waals surface area (Å²) in [5, 5.41) is 10.8. The quantitative estimate of drug-likeness (QED) is 0.579. The fourth-order valence-corrected chi connectivity index (χ4v) is 1.75. The number of hydrogen-bond acceptors (Lipinski definition) is 2. The Kier molecular flexibility index (Phi) is 3.11. The zero-order chi connectivity index (χ0) is 9.84. The van der Waals surface area contributed by atoms with Gasteiger partial charge >= 0.3 is 6.09 Å². The molecule has 0 heterocycles. The minimum Gasteiger partial charge on any atom is -0.465 e. The van der Waals surface area contributed by atoms with E-state index in [-0.39, 0.29) is 17.9 Å². The van der Waals surface area contributed by atoms with Gasteiger partial charge in [0.1, 0.15) is 0 Å². The second-order valence-electron chi connectivity index (χ2n) is 3.41. The van der Waals surface area contributed by atoms with Gasteiger partial charge in [0.05, 0.1) is 0 Å². The van der Waals surface area contributed by atoms with Crippen LogP contribution in [0, 0.1) is 5.92 Å². The van der Waals surface area contributed by atoms with Crippen molar-refractivity contribution in [3.63, 3.8) is 0 Å². The Balaban J connectivity index is 2.41. The van der Waals surface area contributed by atoms with E-state index < -0.39 is 6.09 Å². The molecule has 2 amide bonds. The molecule has 0 radical (unpaired) electrons. The lowest BCUT2D eigenvalue weighted by molar-refractivity contribution is -0.122. The first-order valence-electron chi connectivity index (χ1n) is 4.38. The molecule has 0 aromatic heterocycles. The summed E-state index contributed by atoms with van der Waals surface area (Å²) in [6.45, 7) is 0. The highest BCUT2D eigenvalue weighted by atomic mass is 16.4. The van der Waals surface area contributed by atoms with Gasteiger partial charge in [0.25, 0.3) is 0 Å². The van der Waals surface area contributed by atoms with Crippen molar-refractivity contribution in [3.8, 4) is 0 Å². The SMILES string of the molecule is NC(=O)[C@@H]1CCCC(NC(=O)O)C1. The van der Waals surface area contributed by atoms with Gasteiger partial charge in [-0.3, -0.25) is 4.79 Å². The number of carbonyl (C=O) groups is 2. The Morgan fingerprint density at radius 1 is 1.38 bits per heavy atom. The smallest absolute Gasteiger partial charge is 0.404 e. The molecule has 2 atom stereocenters. The zero-order valence-electron chi connectivity index (χ0n) is 7.32. The van der Waals surface area contributed by atoms with Crippen LogP contribution in [0.1, 0.15) is 25.7 Å². The Morgan fingerprint density at radius 2 is 2.08 bits per heavy atom. The first-order valence-corrected chi connectivity index (χ1v) is 4.38. The fourth-order valence-electron chi connectivity index (χ4n) is 1.75. The first-order chi connectivity index (χ1) is 6.09. The van der Waals surface area contributed by atoms with Crippen LogP contribution in [0.25, 0.3) is 0 Å². The molecule has 0 bridgehead atoms. The molecule has 13 heavy (non-hydrogen) atoms. The van der Waals surface area contributed by atoms with Crippen molar-refractivity contribution in [1.82, 2.24) is 5.32 Å². The van der Waals surface area contributed by atoms with Gasteiger partial charge in [0.2, 0.25) is 5.91 Å². The molecule has 74 valence electrons. The van der Waals surface area contributed by atoms with Gasteiger partial charge in [0.15, 0.2) is 0 Å². The lowest BCUT2D eigenvalue weighted by atomic mass is 9.85. The van der Waals surface area contributed by atoms with E-state index in [2.05, 4.69) is 5.32 Å². The van der Waals surface area contributed by atoms with Crippen LogP contribution < -0.4 is 11.1 Å². The average molecular weight is 186 g/mol. The van der Waals surface area contributed by atoms with Crippen LogP contribution in [-0.4, -0.2) is 23.1 Å². The lowest BCUT2D eigenvalue weighted by Gasteiger charge is -2.26. The molecule has 1 aliphatic carbocycles. The van der Waals surface area contributed by atoms with E-state index in [1.807, 2.05) is 0 Å². The number of nitrogens with one attached hydrogen (secondary N) is 1. The van der Waals surface area contributed by atoms with E-state index in [1.165, 1.54) is 0 Å². The van der Waals surface area contributed by atoms with E-state index >= 15 is 0 Å². The number of hydrogen-bond donors (Lipinski definition) is 3. The zero-order valence-corrected chi connectivity index (χ0v) is 7.32. The summed E-state index contributed by atoms with van der Waals surface area (Å²) in [7, 11) is 0. The second-order valence-corrected chi connectivity index (χ2v) is 3.41. The maximum absolute atomic E-state index is 10.8. The molecule has 1 saturated carbocycles. The summed E-state index contributed by atoms with van der Waals surface area (Å²) in [4.78, 5) is 21.1. The van der Waals surface area contributed by atoms with E-state index in [0.717, 1.165) is 19.3 Å². The van der Waals surface area contributed by atoms with Crippen molar-refractivity contribution in [2.24, 2.45) is 11.7 Å². The number of carbonyl (C=O) groups excluding carboxylic acids is 1. The van der Waals surface area contributed by atoms with Gasteiger partial charge in [-0.25, -0.2) is 4.79 Å². The maximum atomic E-state index is 10.8. The predicted octanol–water partition coefficient (Wildman–Crippen LogP) is 0.298.